The van der Waals surface area contributed by atoms with Gasteiger partial charge in [0.2, 0.25) is 5.95 Å². The van der Waals surface area contributed by atoms with E-state index in [1.807, 2.05) is 24.3 Å². The predicted octanol–water partition coefficient (Wildman–Crippen LogP) is 2.15. The van der Waals surface area contributed by atoms with Crippen LogP contribution in [0.2, 0.25) is 5.02 Å². The largest absolute Gasteiger partial charge is 0.292 e. The number of nitrogens with two attached hydrogens (primary N) is 1. The number of halogens is 1. The van der Waals surface area contributed by atoms with Crippen LogP contribution in [0, 0.1) is 0 Å². The molecule has 9 heteroatoms. The average molecular weight is 320 g/mol. The van der Waals surface area contributed by atoms with Crippen LogP contribution in [0.3, 0.4) is 0 Å². The summed E-state index contributed by atoms with van der Waals surface area (Å²) in [6, 6.07) is 9.23. The highest BCUT2D eigenvalue weighted by molar-refractivity contribution is 7.99. The average Bonchev–Trinajstić information content (AvgIpc) is 3.04. The maximum absolute atomic E-state index is 6.14. The Morgan fingerprint density at radius 3 is 2.71 bits per heavy atom. The summed E-state index contributed by atoms with van der Waals surface area (Å²) in [6.45, 7) is 0. The fourth-order valence-electron chi connectivity index (χ4n) is 1.57. The van der Waals surface area contributed by atoms with Gasteiger partial charge in [-0.05, 0) is 30.0 Å². The van der Waals surface area contributed by atoms with E-state index in [-0.39, 0.29) is 5.95 Å². The minimum atomic E-state index is 0.255. The van der Waals surface area contributed by atoms with Crippen molar-refractivity contribution < 1.29 is 0 Å². The molecule has 0 bridgehead atoms. The van der Waals surface area contributed by atoms with Gasteiger partial charge in [0.15, 0.2) is 5.16 Å². The van der Waals surface area contributed by atoms with Crippen molar-refractivity contribution in [3.63, 3.8) is 0 Å². The molecule has 0 aliphatic heterocycles. The van der Waals surface area contributed by atoms with E-state index < -0.39 is 0 Å². The Kier molecular flexibility index (Phi) is 4.00. The second-order valence-electron chi connectivity index (χ2n) is 3.87. The summed E-state index contributed by atoms with van der Waals surface area (Å²) in [5, 5.41) is 5.19. The summed E-state index contributed by atoms with van der Waals surface area (Å²) in [5.41, 5.74) is 2.42. The molecule has 0 aliphatic carbocycles. The molecule has 0 saturated heterocycles. The van der Waals surface area contributed by atoms with Crippen LogP contribution in [0.5, 0.6) is 0 Å². The Hall–Kier alpha value is -2.16. The van der Waals surface area contributed by atoms with Gasteiger partial charge in [0.1, 0.15) is 0 Å². The van der Waals surface area contributed by atoms with Crippen molar-refractivity contribution in [2.45, 2.75) is 10.1 Å². The van der Waals surface area contributed by atoms with E-state index in [4.69, 9.17) is 17.4 Å². The molecule has 2 aromatic heterocycles. The highest BCUT2D eigenvalue weighted by Gasteiger charge is 2.10. The molecule has 0 fully saturated rings. The lowest BCUT2D eigenvalue weighted by molar-refractivity contribution is 0.760. The summed E-state index contributed by atoms with van der Waals surface area (Å²) in [6.07, 6.45) is 3.37. The number of hydrazine groups is 1. The number of hydrogen-bond donors (Lipinski definition) is 2. The van der Waals surface area contributed by atoms with Crippen LogP contribution in [0.1, 0.15) is 0 Å². The zero-order chi connectivity index (χ0) is 14.7. The van der Waals surface area contributed by atoms with Crippen molar-refractivity contribution in [2.24, 2.45) is 5.84 Å². The molecular formula is C12H10ClN7S. The number of aromatic nitrogens is 5. The number of hydrogen-bond acceptors (Lipinski definition) is 7. The van der Waals surface area contributed by atoms with Crippen molar-refractivity contribution >= 4 is 29.3 Å². The SMILES string of the molecule is NNc1nc(Sc2ccccc2Cl)nc(-n2cccn2)n1. The molecule has 0 saturated carbocycles. The van der Waals surface area contributed by atoms with E-state index in [0.717, 1.165) is 4.90 Å². The van der Waals surface area contributed by atoms with Crippen molar-refractivity contribution in [3.05, 3.63) is 47.7 Å². The maximum Gasteiger partial charge on any atom is 0.256 e. The first-order valence-electron chi connectivity index (χ1n) is 5.91. The summed E-state index contributed by atoms with van der Waals surface area (Å²) in [7, 11) is 0. The minimum Gasteiger partial charge on any atom is -0.292 e. The standard InChI is InChI=1S/C12H10ClN7S/c13-8-4-1-2-5-9(8)21-12-17-10(19-14)16-11(18-12)20-7-3-6-15-20/h1-7H,14H2,(H,16,17,18,19). The molecule has 106 valence electrons. The quantitative estimate of drug-likeness (QED) is 0.562. The van der Waals surface area contributed by atoms with Gasteiger partial charge >= 0.3 is 0 Å². The Morgan fingerprint density at radius 1 is 1.14 bits per heavy atom. The van der Waals surface area contributed by atoms with Crippen LogP contribution in [0.15, 0.2) is 52.8 Å². The fourth-order valence-corrected chi connectivity index (χ4v) is 2.59. The summed E-state index contributed by atoms with van der Waals surface area (Å²) < 4.78 is 1.53. The highest BCUT2D eigenvalue weighted by atomic mass is 35.5. The van der Waals surface area contributed by atoms with Crippen LogP contribution in [-0.2, 0) is 0 Å². The van der Waals surface area contributed by atoms with Gasteiger partial charge in [0, 0.05) is 17.3 Å². The minimum absolute atomic E-state index is 0.255. The fraction of sp³-hybridized carbons (Fsp3) is 0. The third-order valence-corrected chi connectivity index (χ3v) is 3.86. The van der Waals surface area contributed by atoms with Crippen molar-refractivity contribution in [1.29, 1.82) is 0 Å². The van der Waals surface area contributed by atoms with Gasteiger partial charge in [-0.25, -0.2) is 10.5 Å². The third-order valence-electron chi connectivity index (χ3n) is 2.48. The molecule has 7 nitrogen and oxygen atoms in total. The molecule has 21 heavy (non-hydrogen) atoms. The summed E-state index contributed by atoms with van der Waals surface area (Å²) >= 11 is 7.46. The Balaban J connectivity index is 1.99. The highest BCUT2D eigenvalue weighted by Crippen LogP contribution is 2.31. The van der Waals surface area contributed by atoms with Crippen LogP contribution >= 0.6 is 23.4 Å². The first-order chi connectivity index (χ1) is 10.3. The Bertz CT molecular complexity index is 747. The van der Waals surface area contributed by atoms with Gasteiger partial charge in [-0.1, -0.05) is 23.7 Å². The van der Waals surface area contributed by atoms with Crippen LogP contribution in [0.4, 0.5) is 5.95 Å². The van der Waals surface area contributed by atoms with E-state index in [1.54, 1.807) is 18.5 Å². The van der Waals surface area contributed by atoms with E-state index in [1.165, 1.54) is 16.4 Å². The summed E-state index contributed by atoms with van der Waals surface area (Å²) in [5.74, 6) is 6.02. The molecule has 3 rings (SSSR count). The molecule has 0 amide bonds. The monoisotopic (exact) mass is 319 g/mol. The van der Waals surface area contributed by atoms with Gasteiger partial charge < -0.3 is 0 Å². The molecule has 0 spiro atoms. The number of nitrogens with zero attached hydrogens (tertiary/aromatic N) is 5. The number of rotatable bonds is 4. The van der Waals surface area contributed by atoms with E-state index in [0.29, 0.717) is 16.1 Å². The second kappa shape index (κ2) is 6.08. The normalized spacial score (nSPS) is 10.6. The Morgan fingerprint density at radius 2 is 2.00 bits per heavy atom. The lowest BCUT2D eigenvalue weighted by Gasteiger charge is -2.07. The van der Waals surface area contributed by atoms with Crippen molar-refractivity contribution in [2.75, 3.05) is 5.43 Å². The van der Waals surface area contributed by atoms with E-state index in [2.05, 4.69) is 25.5 Å². The number of benzene rings is 1. The summed E-state index contributed by atoms with van der Waals surface area (Å²) in [4.78, 5) is 13.6. The first-order valence-corrected chi connectivity index (χ1v) is 7.11. The van der Waals surface area contributed by atoms with Gasteiger partial charge in [0.05, 0.1) is 5.02 Å². The van der Waals surface area contributed by atoms with Crippen molar-refractivity contribution in [1.82, 2.24) is 24.7 Å². The van der Waals surface area contributed by atoms with Crippen LogP contribution < -0.4 is 11.3 Å². The van der Waals surface area contributed by atoms with Crippen LogP contribution in [-0.4, -0.2) is 24.7 Å². The number of anilines is 1. The molecule has 2 heterocycles. The van der Waals surface area contributed by atoms with E-state index >= 15 is 0 Å². The smallest absolute Gasteiger partial charge is 0.256 e. The molecule has 1 aromatic carbocycles. The van der Waals surface area contributed by atoms with E-state index in [9.17, 15) is 0 Å². The third kappa shape index (κ3) is 3.13. The van der Waals surface area contributed by atoms with Gasteiger partial charge in [-0.2, -0.15) is 20.1 Å². The molecule has 3 aromatic rings. The molecule has 0 unspecified atom stereocenters. The van der Waals surface area contributed by atoms with Gasteiger partial charge in [-0.15, -0.1) is 0 Å². The first kappa shape index (κ1) is 13.8. The zero-order valence-corrected chi connectivity index (χ0v) is 12.2. The maximum atomic E-state index is 6.14. The van der Waals surface area contributed by atoms with Gasteiger partial charge in [-0.3, -0.25) is 5.43 Å². The molecule has 0 atom stereocenters. The number of nitrogens with one attached hydrogen (secondary N) is 1. The zero-order valence-electron chi connectivity index (χ0n) is 10.6. The number of nitrogen functional groups attached to an aromatic ring is 1. The predicted molar refractivity (Wildman–Crippen MR) is 80.3 cm³/mol. The second-order valence-corrected chi connectivity index (χ2v) is 5.29. The lowest BCUT2D eigenvalue weighted by Crippen LogP contribution is -2.14. The molecule has 0 aliphatic rings. The molecule has 3 N–H and O–H groups in total. The van der Waals surface area contributed by atoms with Crippen molar-refractivity contribution in [3.8, 4) is 5.95 Å². The lowest BCUT2D eigenvalue weighted by atomic mass is 10.4. The van der Waals surface area contributed by atoms with Crippen LogP contribution in [0.25, 0.3) is 5.95 Å². The van der Waals surface area contributed by atoms with Gasteiger partial charge in [0.25, 0.3) is 5.95 Å². The topological polar surface area (TPSA) is 94.5 Å². The molecular weight excluding hydrogens is 310 g/mol. The molecule has 0 radical (unpaired) electrons. The Labute approximate surface area is 129 Å².